The van der Waals surface area contributed by atoms with Crippen LogP contribution in [0, 0.1) is 20.2 Å². The van der Waals surface area contributed by atoms with Gasteiger partial charge in [-0.3, -0.25) is 0 Å². The fourth-order valence-corrected chi connectivity index (χ4v) is 8.19. The molecule has 0 radical (unpaired) electrons. The van der Waals surface area contributed by atoms with Crippen LogP contribution in [0.3, 0.4) is 0 Å². The maximum absolute atomic E-state index is 11.7. The first-order valence-corrected chi connectivity index (χ1v) is 18.4. The van der Waals surface area contributed by atoms with E-state index in [1.807, 2.05) is 84.3 Å². The van der Waals surface area contributed by atoms with E-state index < -0.39 is 20.7 Å². The molecular formula is C40H45MnN4O8+. The maximum atomic E-state index is 11.7. The topological polar surface area (TPSA) is 165 Å². The molecule has 0 unspecified atom stereocenters. The van der Waals surface area contributed by atoms with E-state index in [0.717, 1.165) is 31.4 Å². The van der Waals surface area contributed by atoms with Gasteiger partial charge in [0, 0.05) is 0 Å². The van der Waals surface area contributed by atoms with Gasteiger partial charge in [0.1, 0.15) is 11.5 Å². The number of non-ortho nitro benzene ring substituents is 2. The molecule has 12 nitrogen and oxygen atoms in total. The second kappa shape index (κ2) is 15.8. The number of aromatic hydroxyl groups is 2. The number of phenolic OH excluding ortho intramolecular Hbond substituents is 2. The summed E-state index contributed by atoms with van der Waals surface area (Å²) in [5, 5.41) is 56.4. The molecule has 4 aromatic carbocycles. The SMILES string of the molecule is CC(C)(C)c1cc([N+](=O)[O-])cc(C=[N+]2[Mn][N+](=Cc3cc([N+](=O)[O-])cc(C(C)(C)C)c3O)[C@@H]3CCCC[C@H]32)c1O.[O-]c1ccc(Oc2ccccc2)cc1. The Balaban J connectivity index is 0.000000322. The van der Waals surface area contributed by atoms with E-state index in [1.54, 1.807) is 12.1 Å². The zero-order valence-corrected chi connectivity index (χ0v) is 31.8. The van der Waals surface area contributed by atoms with Gasteiger partial charge < -0.3 is 9.84 Å². The number of nitrogens with zero attached hydrogens (tertiary/aromatic N) is 4. The number of fused-ring (bicyclic) bond motifs is 1. The number of nitro groups is 2. The molecule has 1 saturated heterocycles. The van der Waals surface area contributed by atoms with Gasteiger partial charge in [-0.1, -0.05) is 30.3 Å². The van der Waals surface area contributed by atoms with Crippen molar-refractivity contribution in [1.82, 2.24) is 0 Å². The van der Waals surface area contributed by atoms with E-state index in [1.165, 1.54) is 36.4 Å². The minimum atomic E-state index is -0.496. The van der Waals surface area contributed by atoms with E-state index in [4.69, 9.17) is 4.74 Å². The van der Waals surface area contributed by atoms with E-state index in [2.05, 4.69) is 7.18 Å². The summed E-state index contributed by atoms with van der Waals surface area (Å²) in [5.74, 6) is 1.49. The smallest absolute Gasteiger partial charge is 0.127 e. The van der Waals surface area contributed by atoms with E-state index in [9.17, 15) is 35.5 Å². The largest absolute Gasteiger partial charge is 0.872 e. The number of hydrogen-bond acceptors (Lipinski definition) is 8. The Morgan fingerprint density at radius 1 is 0.698 bits per heavy atom. The molecule has 4 aromatic rings. The van der Waals surface area contributed by atoms with Crippen LogP contribution in [0.4, 0.5) is 11.4 Å². The average molecular weight is 765 g/mol. The Hall–Kier alpha value is -5.26. The first-order valence-electron chi connectivity index (χ1n) is 17.4. The fraction of sp³-hybridized carbons (Fsp3) is 0.350. The van der Waals surface area contributed by atoms with Crippen LogP contribution in [-0.2, 0) is 26.2 Å². The fourth-order valence-electron chi connectivity index (χ4n) is 6.35. The third-order valence-electron chi connectivity index (χ3n) is 9.12. The summed E-state index contributed by atoms with van der Waals surface area (Å²) in [7, 11) is 0. The summed E-state index contributed by atoms with van der Waals surface area (Å²) in [6.45, 7) is 11.4. The Kier molecular flexibility index (Phi) is 11.6. The van der Waals surface area contributed by atoms with Gasteiger partial charge in [0.25, 0.3) is 0 Å². The molecule has 1 aliphatic carbocycles. The molecule has 2 atom stereocenters. The number of ether oxygens (including phenoxy) is 1. The Morgan fingerprint density at radius 3 is 1.51 bits per heavy atom. The molecule has 2 aliphatic rings. The monoisotopic (exact) mass is 764 g/mol. The molecule has 0 spiro atoms. The molecular weight excluding hydrogens is 719 g/mol. The van der Waals surface area contributed by atoms with Gasteiger partial charge in [-0.15, -0.1) is 5.75 Å². The molecule has 1 aliphatic heterocycles. The Bertz CT molecular complexity index is 1950. The van der Waals surface area contributed by atoms with Crippen molar-refractivity contribution in [1.29, 1.82) is 0 Å². The van der Waals surface area contributed by atoms with E-state index >= 15 is 0 Å². The molecule has 0 aromatic heterocycles. The molecule has 0 bridgehead atoms. The van der Waals surface area contributed by atoms with Crippen molar-refractivity contribution < 1.29 is 52.5 Å². The third kappa shape index (κ3) is 9.40. The zero-order valence-electron chi connectivity index (χ0n) is 30.7. The van der Waals surface area contributed by atoms with Crippen molar-refractivity contribution >= 4 is 23.8 Å². The minimum Gasteiger partial charge on any atom is -0.872 e. The summed E-state index contributed by atoms with van der Waals surface area (Å²) in [6.07, 6.45) is 7.51. The van der Waals surface area contributed by atoms with E-state index in [-0.39, 0.29) is 56.1 Å². The maximum Gasteiger partial charge on any atom is 0.127 e. The normalized spacial score (nSPS) is 18.6. The van der Waals surface area contributed by atoms with Crippen LogP contribution in [0.25, 0.3) is 0 Å². The summed E-state index contributed by atoms with van der Waals surface area (Å²) in [4.78, 5) is 22.5. The Morgan fingerprint density at radius 2 is 1.11 bits per heavy atom. The number of rotatable bonds is 6. The van der Waals surface area contributed by atoms with Gasteiger partial charge >= 0.3 is 235 Å². The van der Waals surface area contributed by atoms with Crippen LogP contribution in [0.1, 0.15) is 89.5 Å². The van der Waals surface area contributed by atoms with E-state index in [0.29, 0.717) is 28.0 Å². The van der Waals surface area contributed by atoms with Gasteiger partial charge in [0.2, 0.25) is 0 Å². The van der Waals surface area contributed by atoms with Crippen molar-refractivity contribution in [3.63, 3.8) is 0 Å². The molecule has 2 N–H and O–H groups in total. The number of benzene rings is 4. The predicted octanol–water partition coefficient (Wildman–Crippen LogP) is 7.86. The van der Waals surface area contributed by atoms with Gasteiger partial charge in [0.05, 0.1) is 0 Å². The zero-order chi connectivity index (χ0) is 38.7. The van der Waals surface area contributed by atoms with Crippen molar-refractivity contribution in [3.05, 3.63) is 121 Å². The molecule has 0 amide bonds. The molecule has 2 fully saturated rings. The molecule has 6 rings (SSSR count). The first kappa shape index (κ1) is 39.0. The van der Waals surface area contributed by atoms with Crippen molar-refractivity contribution in [2.24, 2.45) is 0 Å². The Labute approximate surface area is 315 Å². The standard InChI is InChI=1S/C28H36N4O6.C12H10O2.Mn/c1-27(2,3)21-13-19(31(35)36)11-17(25(21)33)15-29-23-9-7-8-10-24(23)30-16-18-12-20(32(37)38)14-22(26(18)34)28(4,5)6;13-10-6-8-12(9-7-10)14-11-4-2-1-3-5-11;/h11-16,23-24,33-34H,7-10H2,1-6H3;1-9,13H;/q;;+2/p-1/t23-,24-;;/m1../s1. The van der Waals surface area contributed by atoms with Crippen LogP contribution in [0.2, 0.25) is 0 Å². The number of phenols is 2. The van der Waals surface area contributed by atoms with Gasteiger partial charge in [0.15, 0.2) is 0 Å². The second-order valence-electron chi connectivity index (χ2n) is 15.2. The van der Waals surface area contributed by atoms with Crippen LogP contribution < -0.4 is 9.84 Å². The number of para-hydroxylation sites is 1. The third-order valence-corrected chi connectivity index (χ3v) is 10.7. The molecule has 1 saturated carbocycles. The van der Waals surface area contributed by atoms with Gasteiger partial charge in [-0.25, -0.2) is 0 Å². The van der Waals surface area contributed by atoms with Gasteiger partial charge in [-0.2, -0.15) is 0 Å². The first-order chi connectivity index (χ1) is 24.9. The van der Waals surface area contributed by atoms with Crippen molar-refractivity contribution in [2.75, 3.05) is 0 Å². The molecule has 13 heteroatoms. The summed E-state index contributed by atoms with van der Waals surface area (Å²) in [5.41, 5.74) is 0.645. The van der Waals surface area contributed by atoms with Crippen LogP contribution in [-0.4, -0.2) is 51.8 Å². The molecule has 279 valence electrons. The van der Waals surface area contributed by atoms with Crippen LogP contribution >= 0.6 is 0 Å². The summed E-state index contributed by atoms with van der Waals surface area (Å²) in [6, 6.07) is 21.6. The van der Waals surface area contributed by atoms with Crippen LogP contribution in [0.15, 0.2) is 78.9 Å². The molecule has 53 heavy (non-hydrogen) atoms. The van der Waals surface area contributed by atoms with Crippen molar-refractivity contribution in [2.45, 2.75) is 90.1 Å². The quantitative estimate of drug-likeness (QED) is 0.114. The van der Waals surface area contributed by atoms with Crippen molar-refractivity contribution in [3.8, 4) is 28.7 Å². The van der Waals surface area contributed by atoms with Gasteiger partial charge in [-0.05, 0) is 24.3 Å². The number of hydrogen-bond donors (Lipinski definition) is 2. The predicted molar refractivity (Wildman–Crippen MR) is 196 cm³/mol. The molecule has 1 heterocycles. The second-order valence-corrected chi connectivity index (χ2v) is 16.7. The average Bonchev–Trinajstić information content (AvgIpc) is 3.43. The van der Waals surface area contributed by atoms with Crippen LogP contribution in [0.5, 0.6) is 28.7 Å². The summed E-state index contributed by atoms with van der Waals surface area (Å²) >= 11 is 0.0520. The minimum absolute atomic E-state index is 0.00888. The summed E-state index contributed by atoms with van der Waals surface area (Å²) < 4.78 is 9.73. The number of nitro benzene ring substituents is 2.